The topological polar surface area (TPSA) is 47.6 Å². The van der Waals surface area contributed by atoms with Crippen molar-refractivity contribution in [2.75, 3.05) is 19.8 Å². The van der Waals surface area contributed by atoms with E-state index in [1.165, 1.54) is 6.07 Å². The second-order valence-electron chi connectivity index (χ2n) is 4.74. The van der Waals surface area contributed by atoms with Gasteiger partial charge in [-0.15, -0.1) is 0 Å². The van der Waals surface area contributed by atoms with Crippen LogP contribution in [0, 0.1) is 23.5 Å². The number of halogens is 3. The molecule has 0 aromatic heterocycles. The lowest BCUT2D eigenvalue weighted by atomic mass is 10.3. The summed E-state index contributed by atoms with van der Waals surface area (Å²) in [7, 11) is 0. The molecule has 0 aliphatic rings. The third kappa shape index (κ3) is 6.69. The molecule has 130 valence electrons. The number of nitrogens with one attached hydrogen (secondary N) is 1. The zero-order valence-corrected chi connectivity index (χ0v) is 13.8. The quantitative estimate of drug-likeness (QED) is 0.800. The second-order valence-corrected chi connectivity index (χ2v) is 5.17. The fraction of sp³-hybridized carbons (Fsp3) is 0.167. The molecule has 0 spiro atoms. The summed E-state index contributed by atoms with van der Waals surface area (Å²) in [6.45, 7) is -0.141. The molecule has 1 amide bonds. The third-order valence-electron chi connectivity index (χ3n) is 2.88. The molecule has 1 N–H and O–H groups in total. The predicted octanol–water partition coefficient (Wildman–Crippen LogP) is 3.20. The molecule has 2 aromatic rings. The van der Waals surface area contributed by atoms with Gasteiger partial charge >= 0.3 is 0 Å². The van der Waals surface area contributed by atoms with E-state index >= 15 is 0 Å². The summed E-state index contributed by atoms with van der Waals surface area (Å²) >= 11 is 5.74. The first-order valence-electron chi connectivity index (χ1n) is 7.23. The Morgan fingerprint density at radius 2 is 1.84 bits per heavy atom. The van der Waals surface area contributed by atoms with Gasteiger partial charge < -0.3 is 14.8 Å². The van der Waals surface area contributed by atoms with Crippen LogP contribution in [0.1, 0.15) is 0 Å². The number of carbonyl (C=O) groups excluding carboxylic acids is 1. The van der Waals surface area contributed by atoms with E-state index in [-0.39, 0.29) is 31.4 Å². The second kappa shape index (κ2) is 9.50. The van der Waals surface area contributed by atoms with E-state index in [0.717, 1.165) is 12.1 Å². The predicted molar refractivity (Wildman–Crippen MR) is 89.6 cm³/mol. The van der Waals surface area contributed by atoms with Crippen molar-refractivity contribution in [2.24, 2.45) is 0 Å². The summed E-state index contributed by atoms with van der Waals surface area (Å²) in [5.74, 6) is 3.88. The van der Waals surface area contributed by atoms with Gasteiger partial charge in [0.1, 0.15) is 18.2 Å². The fourth-order valence-electron chi connectivity index (χ4n) is 1.69. The minimum absolute atomic E-state index is 0.0836. The molecular weight excluding hydrogens is 352 g/mol. The van der Waals surface area contributed by atoms with Crippen LogP contribution in [0.2, 0.25) is 5.02 Å². The van der Waals surface area contributed by atoms with Gasteiger partial charge in [0.25, 0.3) is 5.91 Å². The number of carbonyl (C=O) groups is 1. The first kappa shape index (κ1) is 18.6. The Bertz CT molecular complexity index is 785. The molecule has 7 heteroatoms. The average molecular weight is 366 g/mol. The molecule has 0 saturated heterocycles. The normalized spacial score (nSPS) is 9.72. The number of ether oxygens (including phenoxy) is 2. The van der Waals surface area contributed by atoms with E-state index in [1.807, 2.05) is 0 Å². The zero-order valence-electron chi connectivity index (χ0n) is 13.0. The Balaban J connectivity index is 1.64. The first-order chi connectivity index (χ1) is 12.0. The molecule has 0 heterocycles. The van der Waals surface area contributed by atoms with E-state index in [2.05, 4.69) is 17.2 Å². The Morgan fingerprint density at radius 3 is 2.56 bits per heavy atom. The Hall–Kier alpha value is -2.78. The average Bonchev–Trinajstić information content (AvgIpc) is 2.59. The number of benzene rings is 2. The van der Waals surface area contributed by atoms with Gasteiger partial charge in [0.05, 0.1) is 6.54 Å². The lowest BCUT2D eigenvalue weighted by Crippen LogP contribution is -2.29. The van der Waals surface area contributed by atoms with Crippen molar-refractivity contribution in [3.8, 4) is 23.3 Å². The molecule has 4 nitrogen and oxygen atoms in total. The van der Waals surface area contributed by atoms with Gasteiger partial charge in [-0.2, -0.15) is 0 Å². The number of amides is 1. The highest BCUT2D eigenvalue weighted by atomic mass is 35.5. The summed E-state index contributed by atoms with van der Waals surface area (Å²) in [6, 6.07) is 9.62. The maximum absolute atomic E-state index is 13.3. The summed E-state index contributed by atoms with van der Waals surface area (Å²) < 4.78 is 36.3. The Kier molecular flexibility index (Phi) is 7.05. The van der Waals surface area contributed by atoms with E-state index < -0.39 is 11.6 Å². The molecule has 0 radical (unpaired) electrons. The van der Waals surface area contributed by atoms with Crippen molar-refractivity contribution in [1.29, 1.82) is 0 Å². The SMILES string of the molecule is O=C(COc1ccc(Cl)cc1)NCC#CCOc1ccc(F)cc1F. The lowest BCUT2D eigenvalue weighted by Gasteiger charge is -2.05. The summed E-state index contributed by atoms with van der Waals surface area (Å²) in [4.78, 5) is 11.6. The van der Waals surface area contributed by atoms with Gasteiger partial charge in [-0.05, 0) is 36.4 Å². The summed E-state index contributed by atoms with van der Waals surface area (Å²) in [6.07, 6.45) is 0. The largest absolute Gasteiger partial charge is 0.484 e. The van der Waals surface area contributed by atoms with Crippen molar-refractivity contribution in [3.05, 3.63) is 59.1 Å². The van der Waals surface area contributed by atoms with Gasteiger partial charge in [-0.1, -0.05) is 23.4 Å². The van der Waals surface area contributed by atoms with Crippen molar-refractivity contribution in [1.82, 2.24) is 5.32 Å². The number of hydrogen-bond donors (Lipinski definition) is 1. The van der Waals surface area contributed by atoms with Gasteiger partial charge in [0.15, 0.2) is 18.2 Å². The van der Waals surface area contributed by atoms with E-state index in [0.29, 0.717) is 10.8 Å². The highest BCUT2D eigenvalue weighted by molar-refractivity contribution is 6.30. The van der Waals surface area contributed by atoms with Crippen LogP contribution in [-0.4, -0.2) is 25.7 Å². The van der Waals surface area contributed by atoms with Crippen molar-refractivity contribution >= 4 is 17.5 Å². The molecule has 2 aromatic carbocycles. The zero-order chi connectivity index (χ0) is 18.1. The maximum atomic E-state index is 13.3. The van der Waals surface area contributed by atoms with Gasteiger partial charge in [-0.25, -0.2) is 8.78 Å². The minimum atomic E-state index is -0.797. The van der Waals surface area contributed by atoms with Crippen LogP contribution in [0.25, 0.3) is 0 Å². The van der Waals surface area contributed by atoms with Crippen LogP contribution in [0.4, 0.5) is 8.78 Å². The van der Waals surface area contributed by atoms with Crippen molar-refractivity contribution in [3.63, 3.8) is 0 Å². The Morgan fingerprint density at radius 1 is 1.08 bits per heavy atom. The highest BCUT2D eigenvalue weighted by Gasteiger charge is 2.03. The maximum Gasteiger partial charge on any atom is 0.258 e. The van der Waals surface area contributed by atoms with Gasteiger partial charge in [0, 0.05) is 11.1 Å². The molecule has 0 aliphatic heterocycles. The first-order valence-corrected chi connectivity index (χ1v) is 7.61. The molecule has 25 heavy (non-hydrogen) atoms. The highest BCUT2D eigenvalue weighted by Crippen LogP contribution is 2.17. The van der Waals surface area contributed by atoms with Crippen LogP contribution in [0.5, 0.6) is 11.5 Å². The standard InChI is InChI=1S/C18H14ClF2NO3/c19-13-3-6-15(7-4-13)25-12-18(23)22-9-1-2-10-24-17-8-5-14(20)11-16(17)21/h3-8,11H,9-10,12H2,(H,22,23). The molecular formula is C18H14ClF2NO3. The van der Waals surface area contributed by atoms with E-state index in [1.54, 1.807) is 24.3 Å². The molecule has 0 bridgehead atoms. The summed E-state index contributed by atoms with van der Waals surface area (Å²) in [5.41, 5.74) is 0. The molecule has 0 unspecified atom stereocenters. The minimum Gasteiger partial charge on any atom is -0.484 e. The molecule has 2 rings (SSSR count). The van der Waals surface area contributed by atoms with Crippen LogP contribution in [0.3, 0.4) is 0 Å². The number of hydrogen-bond acceptors (Lipinski definition) is 3. The molecule has 0 atom stereocenters. The lowest BCUT2D eigenvalue weighted by molar-refractivity contribution is -0.122. The van der Waals surface area contributed by atoms with Crippen LogP contribution < -0.4 is 14.8 Å². The van der Waals surface area contributed by atoms with E-state index in [4.69, 9.17) is 21.1 Å². The Labute approximate surface area is 148 Å². The number of rotatable bonds is 6. The molecule has 0 fully saturated rings. The van der Waals surface area contributed by atoms with E-state index in [9.17, 15) is 13.6 Å². The fourth-order valence-corrected chi connectivity index (χ4v) is 1.82. The van der Waals surface area contributed by atoms with Gasteiger partial charge in [0.2, 0.25) is 0 Å². The monoisotopic (exact) mass is 365 g/mol. The van der Waals surface area contributed by atoms with Crippen molar-refractivity contribution < 1.29 is 23.0 Å². The third-order valence-corrected chi connectivity index (χ3v) is 3.13. The van der Waals surface area contributed by atoms with Crippen LogP contribution in [0.15, 0.2) is 42.5 Å². The van der Waals surface area contributed by atoms with Crippen molar-refractivity contribution in [2.45, 2.75) is 0 Å². The van der Waals surface area contributed by atoms with Gasteiger partial charge in [-0.3, -0.25) is 4.79 Å². The van der Waals surface area contributed by atoms with Crippen LogP contribution >= 0.6 is 11.6 Å². The molecule has 0 aliphatic carbocycles. The van der Waals surface area contributed by atoms with Crippen LogP contribution in [-0.2, 0) is 4.79 Å². The molecule has 0 saturated carbocycles. The smallest absolute Gasteiger partial charge is 0.258 e. The summed E-state index contributed by atoms with van der Waals surface area (Å²) in [5, 5.41) is 3.12.